The molecule has 2 bridgehead atoms. The molecule has 0 aromatic heterocycles. The van der Waals surface area contributed by atoms with E-state index < -0.39 is 30.3 Å². The van der Waals surface area contributed by atoms with Gasteiger partial charge in [-0.25, -0.2) is 0 Å². The summed E-state index contributed by atoms with van der Waals surface area (Å²) >= 11 is 0. The number of hydrogen-bond donors (Lipinski definition) is 3. The van der Waals surface area contributed by atoms with E-state index in [9.17, 15) is 24.6 Å². The van der Waals surface area contributed by atoms with Gasteiger partial charge in [0.25, 0.3) is 5.91 Å². The summed E-state index contributed by atoms with van der Waals surface area (Å²) in [5.74, 6) is -1.63. The lowest BCUT2D eigenvalue weighted by molar-refractivity contribution is -0.120. The summed E-state index contributed by atoms with van der Waals surface area (Å²) in [6.07, 6.45) is 6.41. The molecule has 9 nitrogen and oxygen atoms in total. The minimum absolute atomic E-state index is 0.0481. The second-order valence-corrected chi connectivity index (χ2v) is 10.8. The Morgan fingerprint density at radius 3 is 2.33 bits per heavy atom. The molecule has 3 N–H and O–H groups in total. The Morgan fingerprint density at radius 2 is 1.74 bits per heavy atom. The van der Waals surface area contributed by atoms with Crippen molar-refractivity contribution in [3.05, 3.63) is 58.5 Å². The number of Topliss-reactive ketones (excluding diaryl/α,β-unsaturated/α-hetero) is 1. The first kappa shape index (κ1) is 30.7. The third-order valence-corrected chi connectivity index (χ3v) is 7.72. The average Bonchev–Trinajstić information content (AvgIpc) is 2.87. The summed E-state index contributed by atoms with van der Waals surface area (Å²) in [5.41, 5.74) is 1.68. The number of nitrogens with one attached hydrogen (secondary N) is 1. The Bertz CT molecular complexity index is 1110. The minimum atomic E-state index is -0.967. The normalized spacial score (nSPS) is 35.3. The summed E-state index contributed by atoms with van der Waals surface area (Å²) in [4.78, 5) is 41.6. The molecule has 6 atom stereocenters. The monoisotopic (exact) mass is 542 g/mol. The number of hydrogen-bond acceptors (Lipinski definition) is 8. The summed E-state index contributed by atoms with van der Waals surface area (Å²) in [6.45, 7) is 8.58. The van der Waals surface area contributed by atoms with E-state index in [1.165, 1.54) is 20.3 Å². The van der Waals surface area contributed by atoms with Crippen LogP contribution in [0.1, 0.15) is 47.0 Å². The molecule has 1 aliphatic carbocycles. The van der Waals surface area contributed by atoms with Gasteiger partial charge in [-0.2, -0.15) is 0 Å². The van der Waals surface area contributed by atoms with Crippen LogP contribution in [-0.2, 0) is 23.9 Å². The molecular formula is C30H42N2O7. The van der Waals surface area contributed by atoms with Crippen LogP contribution in [0.25, 0.3) is 0 Å². The number of carbonyl (C=O) groups excluding carboxylic acids is 3. The molecule has 0 spiro atoms. The maximum absolute atomic E-state index is 13.6. The van der Waals surface area contributed by atoms with Crippen LogP contribution in [0.5, 0.6) is 0 Å². The van der Waals surface area contributed by atoms with Crippen molar-refractivity contribution in [2.45, 2.75) is 71.4 Å². The van der Waals surface area contributed by atoms with Gasteiger partial charge in [0.15, 0.2) is 0 Å². The van der Waals surface area contributed by atoms with Crippen molar-refractivity contribution in [1.29, 1.82) is 0 Å². The van der Waals surface area contributed by atoms with Crippen molar-refractivity contribution in [2.75, 3.05) is 27.3 Å². The molecule has 0 aromatic carbocycles. The van der Waals surface area contributed by atoms with E-state index in [1.807, 2.05) is 18.7 Å². The number of carbonyl (C=O) groups is 3. The molecule has 9 heteroatoms. The molecule has 1 fully saturated rings. The van der Waals surface area contributed by atoms with Gasteiger partial charge in [0.2, 0.25) is 11.6 Å². The zero-order valence-electron chi connectivity index (χ0n) is 23.8. The van der Waals surface area contributed by atoms with Crippen LogP contribution in [0.3, 0.4) is 0 Å². The van der Waals surface area contributed by atoms with E-state index in [2.05, 4.69) is 5.32 Å². The topological polar surface area (TPSA) is 125 Å². The number of fused-ring (bicyclic) bond motifs is 2. The summed E-state index contributed by atoms with van der Waals surface area (Å²) < 4.78 is 11.1. The van der Waals surface area contributed by atoms with Crippen LogP contribution in [0, 0.1) is 11.8 Å². The summed E-state index contributed by atoms with van der Waals surface area (Å²) in [6, 6.07) is 0. The quantitative estimate of drug-likeness (QED) is 0.367. The Kier molecular flexibility index (Phi) is 10.6. The van der Waals surface area contributed by atoms with Crippen molar-refractivity contribution < 1.29 is 34.1 Å². The highest BCUT2D eigenvalue weighted by atomic mass is 16.5. The van der Waals surface area contributed by atoms with E-state index in [-0.39, 0.29) is 29.1 Å². The van der Waals surface area contributed by atoms with Gasteiger partial charge in [-0.15, -0.1) is 0 Å². The number of aliphatic hydroxyl groups is 2. The number of aliphatic hydroxyl groups excluding tert-OH is 2. The maximum Gasteiger partial charge on any atom is 0.251 e. The van der Waals surface area contributed by atoms with Gasteiger partial charge in [0.1, 0.15) is 12.2 Å². The molecule has 39 heavy (non-hydrogen) atoms. The van der Waals surface area contributed by atoms with Gasteiger partial charge in [-0.3, -0.25) is 14.4 Å². The van der Waals surface area contributed by atoms with E-state index in [0.717, 1.165) is 6.42 Å². The number of rotatable bonds is 3. The molecule has 2 heterocycles. The zero-order chi connectivity index (χ0) is 28.9. The first-order valence-electron chi connectivity index (χ1n) is 13.5. The highest BCUT2D eigenvalue weighted by Gasteiger charge is 2.36. The predicted octanol–water partition coefficient (Wildman–Crippen LogP) is 2.36. The second kappa shape index (κ2) is 13.5. The van der Waals surface area contributed by atoms with Gasteiger partial charge in [-0.05, 0) is 44.6 Å². The van der Waals surface area contributed by atoms with Gasteiger partial charge < -0.3 is 29.9 Å². The number of amides is 1. The Balaban J connectivity index is 2.03. The lowest BCUT2D eigenvalue weighted by Gasteiger charge is -2.37. The summed E-state index contributed by atoms with van der Waals surface area (Å²) in [5, 5.41) is 24.6. The number of methoxy groups -OCH3 is 2. The number of nitrogens with zero attached hydrogens (tertiary/aromatic N) is 1. The van der Waals surface area contributed by atoms with Crippen molar-refractivity contribution in [2.24, 2.45) is 11.8 Å². The van der Waals surface area contributed by atoms with Crippen molar-refractivity contribution in [3.8, 4) is 0 Å². The molecule has 0 aromatic rings. The number of ether oxygens (including phenoxy) is 2. The number of likely N-dealkylation sites (tertiary alicyclic amines) is 1. The zero-order valence-corrected chi connectivity index (χ0v) is 23.8. The highest BCUT2D eigenvalue weighted by Crippen LogP contribution is 2.32. The summed E-state index contributed by atoms with van der Waals surface area (Å²) in [7, 11) is 3.01. The number of ketones is 2. The molecule has 1 amide bonds. The fourth-order valence-electron chi connectivity index (χ4n) is 5.18. The molecule has 2 aliphatic heterocycles. The lowest BCUT2D eigenvalue weighted by atomic mass is 9.84. The van der Waals surface area contributed by atoms with Gasteiger partial charge in [-0.1, -0.05) is 38.2 Å². The Labute approximate surface area is 230 Å². The third kappa shape index (κ3) is 7.22. The molecule has 0 radical (unpaired) electrons. The first-order chi connectivity index (χ1) is 18.5. The first-order valence-corrected chi connectivity index (χ1v) is 13.5. The van der Waals surface area contributed by atoms with Crippen LogP contribution < -0.4 is 5.32 Å². The molecule has 1 saturated heterocycles. The third-order valence-electron chi connectivity index (χ3n) is 7.72. The molecule has 0 saturated carbocycles. The van der Waals surface area contributed by atoms with Crippen molar-refractivity contribution in [3.63, 3.8) is 0 Å². The highest BCUT2D eigenvalue weighted by molar-refractivity contribution is 6.23. The largest absolute Gasteiger partial charge is 0.390 e. The van der Waals surface area contributed by atoms with Gasteiger partial charge in [0.05, 0.1) is 23.6 Å². The SMILES string of the molecule is CO[C@H]1/C=C\C=C(/C)C(=O)NC2=CC(=O)C(N3CCC3)=C(C[C@@H](C)C[C@H](OC)[C@H](O)[C@@H](C)/C=C(\C)[C@@H]1O)C2=O. The van der Waals surface area contributed by atoms with Crippen LogP contribution >= 0.6 is 0 Å². The maximum atomic E-state index is 13.6. The molecule has 3 aliphatic rings. The molecule has 0 unspecified atom stereocenters. The van der Waals surface area contributed by atoms with Crippen molar-refractivity contribution in [1.82, 2.24) is 10.2 Å². The van der Waals surface area contributed by atoms with Crippen LogP contribution in [-0.4, -0.2) is 84.3 Å². The van der Waals surface area contributed by atoms with E-state index in [4.69, 9.17) is 9.47 Å². The lowest BCUT2D eigenvalue weighted by Crippen LogP contribution is -2.43. The number of allylic oxidation sites excluding steroid dienone is 4. The smallest absolute Gasteiger partial charge is 0.251 e. The molecule has 3 rings (SSSR count). The predicted molar refractivity (Wildman–Crippen MR) is 147 cm³/mol. The van der Waals surface area contributed by atoms with Gasteiger partial charge in [0, 0.05) is 50.4 Å². The van der Waals surface area contributed by atoms with E-state index >= 15 is 0 Å². The standard InChI is InChI=1S/C30H42N2O7/c1-17-13-21-26(32-11-8-12-32)23(33)16-22(29(21)36)31-30(37)18(2)9-7-10-24(38-5)27(34)19(3)15-20(4)28(35)25(14-17)39-6/h7,9-10,15-17,20,24-25,27-28,34-35H,8,11-14H2,1-6H3,(H,31,37)/b10-7-,18-9+,19-15+/t17-,20+,24+,25+,27+,28-/m1/s1. The van der Waals surface area contributed by atoms with Crippen LogP contribution in [0.4, 0.5) is 0 Å². The molecule has 214 valence electrons. The fourth-order valence-corrected chi connectivity index (χ4v) is 5.18. The van der Waals surface area contributed by atoms with Gasteiger partial charge >= 0.3 is 0 Å². The second-order valence-electron chi connectivity index (χ2n) is 10.8. The van der Waals surface area contributed by atoms with Crippen LogP contribution in [0.15, 0.2) is 58.5 Å². The fraction of sp³-hybridized carbons (Fsp3) is 0.567. The Hall–Kier alpha value is -2.85. The average molecular weight is 543 g/mol. The Morgan fingerprint density at radius 1 is 1.05 bits per heavy atom. The van der Waals surface area contributed by atoms with Crippen LogP contribution in [0.2, 0.25) is 0 Å². The van der Waals surface area contributed by atoms with E-state index in [0.29, 0.717) is 48.3 Å². The molecular weight excluding hydrogens is 500 g/mol. The minimum Gasteiger partial charge on any atom is -0.390 e. The van der Waals surface area contributed by atoms with E-state index in [1.54, 1.807) is 38.2 Å². The van der Waals surface area contributed by atoms with Crippen molar-refractivity contribution >= 4 is 17.5 Å².